The van der Waals surface area contributed by atoms with E-state index in [0.29, 0.717) is 4.21 Å². The van der Waals surface area contributed by atoms with Crippen molar-refractivity contribution in [3.8, 4) is 0 Å². The fourth-order valence-corrected chi connectivity index (χ4v) is 3.94. The Balaban J connectivity index is 2.19. The van der Waals surface area contributed by atoms with Crippen LogP contribution in [0.15, 0.2) is 21.7 Å². The lowest BCUT2D eigenvalue weighted by atomic mass is 10.3. The van der Waals surface area contributed by atoms with Crippen LogP contribution in [-0.4, -0.2) is 20.5 Å². The van der Waals surface area contributed by atoms with E-state index in [2.05, 4.69) is 0 Å². The van der Waals surface area contributed by atoms with E-state index >= 15 is 0 Å². The van der Waals surface area contributed by atoms with Gasteiger partial charge in [-0.25, -0.2) is 0 Å². The molecule has 3 nitrogen and oxygen atoms in total. The molecule has 1 aromatic rings. The average Bonchev–Trinajstić information content (AvgIpc) is 2.82. The number of carboxylic acids is 1. The van der Waals surface area contributed by atoms with Crippen LogP contribution in [0, 0.1) is 5.92 Å². The molecule has 0 bridgehead atoms. The van der Waals surface area contributed by atoms with Gasteiger partial charge >= 0.3 is 5.97 Å². The first-order valence-electron chi connectivity index (χ1n) is 4.37. The van der Waals surface area contributed by atoms with Crippen molar-refractivity contribution in [2.45, 2.75) is 22.3 Å². The van der Waals surface area contributed by atoms with E-state index in [9.17, 15) is 9.00 Å². The van der Waals surface area contributed by atoms with Crippen LogP contribution in [0.25, 0.3) is 0 Å². The molecular weight excluding hydrogens is 220 g/mol. The molecule has 0 aliphatic heterocycles. The minimum absolute atomic E-state index is 0.121. The number of rotatable bonds is 4. The van der Waals surface area contributed by atoms with Crippen LogP contribution in [0.5, 0.6) is 0 Å². The Morgan fingerprint density at radius 1 is 1.64 bits per heavy atom. The van der Waals surface area contributed by atoms with Crippen LogP contribution >= 0.6 is 11.3 Å². The Labute approximate surface area is 88.2 Å². The predicted molar refractivity (Wildman–Crippen MR) is 54.9 cm³/mol. The summed E-state index contributed by atoms with van der Waals surface area (Å²) in [4.78, 5) is 10.9. The van der Waals surface area contributed by atoms with Crippen LogP contribution < -0.4 is 0 Å². The van der Waals surface area contributed by atoms with Crippen LogP contribution in [0.4, 0.5) is 0 Å². The highest BCUT2D eigenvalue weighted by atomic mass is 32.2. The predicted octanol–water partition coefficient (Wildman–Crippen LogP) is 1.72. The van der Waals surface area contributed by atoms with Crippen molar-refractivity contribution in [2.75, 3.05) is 0 Å². The third kappa shape index (κ3) is 1.88. The molecule has 2 rings (SSSR count). The lowest BCUT2D eigenvalue weighted by molar-refractivity contribution is -0.136. The third-order valence-corrected chi connectivity index (χ3v) is 5.24. The number of carboxylic acid groups (broad SMARTS) is 1. The molecule has 1 aliphatic carbocycles. The molecule has 0 aromatic carbocycles. The molecule has 1 aromatic heterocycles. The van der Waals surface area contributed by atoms with Crippen LogP contribution in [-0.2, 0) is 15.6 Å². The number of hydrogen-bond acceptors (Lipinski definition) is 3. The maximum absolute atomic E-state index is 11.9. The highest BCUT2D eigenvalue weighted by Crippen LogP contribution is 2.37. The summed E-state index contributed by atoms with van der Waals surface area (Å²) in [5.74, 6) is -0.810. The van der Waals surface area contributed by atoms with Crippen LogP contribution in [0.2, 0.25) is 0 Å². The zero-order chi connectivity index (χ0) is 10.1. The Kier molecular flexibility index (Phi) is 2.69. The first-order valence-corrected chi connectivity index (χ1v) is 6.46. The molecule has 0 amide bonds. The zero-order valence-electron chi connectivity index (χ0n) is 7.38. The van der Waals surface area contributed by atoms with Crippen molar-refractivity contribution in [3.63, 3.8) is 0 Å². The second-order valence-corrected chi connectivity index (χ2v) is 6.07. The van der Waals surface area contributed by atoms with E-state index in [1.165, 1.54) is 11.3 Å². The summed E-state index contributed by atoms with van der Waals surface area (Å²) in [5.41, 5.74) is 0. The van der Waals surface area contributed by atoms with Gasteiger partial charge in [-0.05, 0) is 30.2 Å². The van der Waals surface area contributed by atoms with Gasteiger partial charge in [0.25, 0.3) is 0 Å². The first kappa shape index (κ1) is 9.86. The Hall–Kier alpha value is -0.680. The van der Waals surface area contributed by atoms with Crippen molar-refractivity contribution >= 4 is 28.1 Å². The molecule has 2 unspecified atom stereocenters. The first-order chi connectivity index (χ1) is 6.70. The summed E-state index contributed by atoms with van der Waals surface area (Å²) in [6.45, 7) is 0. The van der Waals surface area contributed by atoms with Gasteiger partial charge in [0.2, 0.25) is 0 Å². The standard InChI is InChI=1S/C9H10O3S2/c10-9(11)8(6-3-4-6)14(12)7-2-1-5-13-7/h1-2,5-6,8H,3-4H2,(H,10,11). The van der Waals surface area contributed by atoms with Gasteiger partial charge in [0.15, 0.2) is 0 Å². The van der Waals surface area contributed by atoms with Crippen molar-refractivity contribution < 1.29 is 14.1 Å². The highest BCUT2D eigenvalue weighted by Gasteiger charge is 2.41. The van der Waals surface area contributed by atoms with Crippen molar-refractivity contribution in [1.29, 1.82) is 0 Å². The molecular formula is C9H10O3S2. The topological polar surface area (TPSA) is 54.4 Å². The van der Waals surface area contributed by atoms with E-state index in [-0.39, 0.29) is 5.92 Å². The molecule has 76 valence electrons. The number of carbonyl (C=O) groups is 1. The number of aliphatic carboxylic acids is 1. The lowest BCUT2D eigenvalue weighted by Crippen LogP contribution is -2.27. The molecule has 5 heteroatoms. The van der Waals surface area contributed by atoms with Crippen molar-refractivity contribution in [1.82, 2.24) is 0 Å². The molecule has 1 saturated carbocycles. The van der Waals surface area contributed by atoms with Gasteiger partial charge < -0.3 is 5.11 Å². The third-order valence-electron chi connectivity index (χ3n) is 2.22. The van der Waals surface area contributed by atoms with E-state index < -0.39 is 22.0 Å². The van der Waals surface area contributed by atoms with Gasteiger partial charge in [-0.3, -0.25) is 9.00 Å². The van der Waals surface area contributed by atoms with E-state index in [0.717, 1.165) is 12.8 Å². The lowest BCUT2D eigenvalue weighted by Gasteiger charge is -2.08. The summed E-state index contributed by atoms with van der Waals surface area (Å²) in [5, 5.41) is 10.1. The Morgan fingerprint density at radius 3 is 2.79 bits per heavy atom. The van der Waals surface area contributed by atoms with Gasteiger partial charge in [0.1, 0.15) is 5.25 Å². The fraction of sp³-hybridized carbons (Fsp3) is 0.444. The highest BCUT2D eigenvalue weighted by molar-refractivity contribution is 7.88. The maximum atomic E-state index is 11.9. The quantitative estimate of drug-likeness (QED) is 0.856. The molecule has 14 heavy (non-hydrogen) atoms. The zero-order valence-corrected chi connectivity index (χ0v) is 9.01. The van der Waals surface area contributed by atoms with Crippen LogP contribution in [0.1, 0.15) is 12.8 Å². The molecule has 0 saturated heterocycles. The van der Waals surface area contributed by atoms with Crippen molar-refractivity contribution in [3.05, 3.63) is 17.5 Å². The summed E-state index contributed by atoms with van der Waals surface area (Å²) >= 11 is 1.36. The number of thiophene rings is 1. The van der Waals surface area contributed by atoms with E-state index in [4.69, 9.17) is 5.11 Å². The summed E-state index contributed by atoms with van der Waals surface area (Å²) in [6.07, 6.45) is 1.79. The van der Waals surface area contributed by atoms with Gasteiger partial charge in [-0.15, -0.1) is 11.3 Å². The normalized spacial score (nSPS) is 20.3. The monoisotopic (exact) mass is 230 g/mol. The van der Waals surface area contributed by atoms with Gasteiger partial charge in [0.05, 0.1) is 15.0 Å². The Morgan fingerprint density at radius 2 is 2.36 bits per heavy atom. The number of hydrogen-bond donors (Lipinski definition) is 1. The molecule has 1 fully saturated rings. The molecule has 1 heterocycles. The maximum Gasteiger partial charge on any atom is 0.319 e. The van der Waals surface area contributed by atoms with E-state index in [1.54, 1.807) is 12.1 Å². The van der Waals surface area contributed by atoms with E-state index in [1.807, 2.05) is 5.38 Å². The second kappa shape index (κ2) is 3.82. The molecule has 2 atom stereocenters. The summed E-state index contributed by atoms with van der Waals surface area (Å²) < 4.78 is 12.5. The van der Waals surface area contributed by atoms with Crippen LogP contribution in [0.3, 0.4) is 0 Å². The smallest absolute Gasteiger partial charge is 0.319 e. The summed E-state index contributed by atoms with van der Waals surface area (Å²) in [6, 6.07) is 3.53. The van der Waals surface area contributed by atoms with Gasteiger partial charge in [-0.2, -0.15) is 0 Å². The van der Waals surface area contributed by atoms with Crippen molar-refractivity contribution in [2.24, 2.45) is 5.92 Å². The minimum Gasteiger partial charge on any atom is -0.480 e. The summed E-state index contributed by atoms with van der Waals surface area (Å²) in [7, 11) is -1.37. The van der Waals surface area contributed by atoms with Gasteiger partial charge in [0, 0.05) is 0 Å². The average molecular weight is 230 g/mol. The molecule has 0 radical (unpaired) electrons. The molecule has 0 spiro atoms. The molecule has 1 N–H and O–H groups in total. The van der Waals surface area contributed by atoms with Gasteiger partial charge in [-0.1, -0.05) is 6.07 Å². The molecule has 1 aliphatic rings. The minimum atomic E-state index is -1.37. The second-order valence-electron chi connectivity index (χ2n) is 3.33. The largest absolute Gasteiger partial charge is 0.480 e. The SMILES string of the molecule is O=C(O)C(C1CC1)S(=O)c1cccs1. The Bertz CT molecular complexity index is 354. The fourth-order valence-electron chi connectivity index (χ4n) is 1.37.